The van der Waals surface area contributed by atoms with Gasteiger partial charge in [-0.25, -0.2) is 0 Å². The van der Waals surface area contributed by atoms with Crippen LogP contribution in [-0.2, 0) is 4.57 Å². The minimum atomic E-state index is -2.91. The summed E-state index contributed by atoms with van der Waals surface area (Å²) in [5, 5.41) is 4.79. The van der Waals surface area contributed by atoms with Crippen molar-refractivity contribution in [3.8, 4) is 0 Å². The second kappa shape index (κ2) is 6.63. The second-order valence-electron chi connectivity index (χ2n) is 5.96. The number of benzene rings is 4. The molecule has 0 bridgehead atoms. The smallest absolute Gasteiger partial charge is 0.171 e. The molecule has 4 rings (SSSR count). The number of rotatable bonds is 3. The third-order valence-electron chi connectivity index (χ3n) is 4.39. The van der Waals surface area contributed by atoms with Crippen LogP contribution in [0, 0.1) is 0 Å². The van der Waals surface area contributed by atoms with Crippen molar-refractivity contribution < 1.29 is 4.57 Å². The lowest BCUT2D eigenvalue weighted by molar-refractivity contribution is 0.592. The van der Waals surface area contributed by atoms with Crippen molar-refractivity contribution in [1.29, 1.82) is 0 Å². The molecule has 0 spiro atoms. The van der Waals surface area contributed by atoms with Crippen molar-refractivity contribution in [2.75, 3.05) is 0 Å². The largest absolute Gasteiger partial charge is 0.309 e. The molecular formula is C22H16BrOP. The van der Waals surface area contributed by atoms with Crippen LogP contribution in [0.1, 0.15) is 0 Å². The molecule has 122 valence electrons. The lowest BCUT2D eigenvalue weighted by Gasteiger charge is -2.20. The first-order valence-corrected chi connectivity index (χ1v) is 10.6. The summed E-state index contributed by atoms with van der Waals surface area (Å²) in [5.74, 6) is 0. The normalized spacial score (nSPS) is 11.6. The van der Waals surface area contributed by atoms with Gasteiger partial charge >= 0.3 is 0 Å². The fourth-order valence-corrected chi connectivity index (χ4v) is 6.19. The Bertz CT molecular complexity index is 1030. The van der Waals surface area contributed by atoms with Gasteiger partial charge in [-0.05, 0) is 29.0 Å². The van der Waals surface area contributed by atoms with Gasteiger partial charge in [0.2, 0.25) is 0 Å². The maximum Gasteiger partial charge on any atom is 0.171 e. The highest BCUT2D eigenvalue weighted by atomic mass is 79.9. The molecule has 1 nitrogen and oxygen atoms in total. The van der Waals surface area contributed by atoms with Crippen LogP contribution in [0.2, 0.25) is 0 Å². The fraction of sp³-hybridized carbons (Fsp3) is 0. The maximum atomic E-state index is 14.3. The van der Waals surface area contributed by atoms with Gasteiger partial charge in [0.15, 0.2) is 7.14 Å². The van der Waals surface area contributed by atoms with Gasteiger partial charge < -0.3 is 4.57 Å². The molecule has 4 aromatic rings. The van der Waals surface area contributed by atoms with Gasteiger partial charge in [0, 0.05) is 20.4 Å². The highest BCUT2D eigenvalue weighted by Gasteiger charge is 2.29. The number of hydrogen-bond donors (Lipinski definition) is 0. The molecule has 3 heteroatoms. The van der Waals surface area contributed by atoms with Gasteiger partial charge in [-0.1, -0.05) is 94.8 Å². The Balaban J connectivity index is 2.00. The van der Waals surface area contributed by atoms with Gasteiger partial charge in [0.25, 0.3) is 0 Å². The van der Waals surface area contributed by atoms with E-state index in [2.05, 4.69) is 40.2 Å². The summed E-state index contributed by atoms with van der Waals surface area (Å²) in [4.78, 5) is 0. The van der Waals surface area contributed by atoms with Gasteiger partial charge in [0.05, 0.1) is 0 Å². The first-order valence-electron chi connectivity index (χ1n) is 8.09. The molecule has 0 aliphatic rings. The first-order chi connectivity index (χ1) is 12.2. The Morgan fingerprint density at radius 3 is 1.72 bits per heavy atom. The molecule has 0 aliphatic carbocycles. The third kappa shape index (κ3) is 2.97. The van der Waals surface area contributed by atoms with E-state index in [-0.39, 0.29) is 0 Å². The van der Waals surface area contributed by atoms with Crippen LogP contribution in [0.25, 0.3) is 10.8 Å². The Morgan fingerprint density at radius 2 is 1.12 bits per heavy atom. The van der Waals surface area contributed by atoms with E-state index in [1.54, 1.807) is 0 Å². The molecule has 0 saturated carbocycles. The fourth-order valence-electron chi connectivity index (χ4n) is 3.12. The van der Waals surface area contributed by atoms with E-state index in [4.69, 9.17) is 0 Å². The van der Waals surface area contributed by atoms with E-state index in [0.717, 1.165) is 31.2 Å². The molecule has 0 radical (unpaired) electrons. The summed E-state index contributed by atoms with van der Waals surface area (Å²) >= 11 is 3.53. The van der Waals surface area contributed by atoms with Crippen molar-refractivity contribution in [1.82, 2.24) is 0 Å². The summed E-state index contributed by atoms with van der Waals surface area (Å²) in [6, 6.07) is 31.8. The van der Waals surface area contributed by atoms with E-state index in [1.807, 2.05) is 72.8 Å². The maximum absolute atomic E-state index is 14.3. The minimum Gasteiger partial charge on any atom is -0.309 e. The summed E-state index contributed by atoms with van der Waals surface area (Å²) < 4.78 is 15.4. The summed E-state index contributed by atoms with van der Waals surface area (Å²) in [6.07, 6.45) is 0. The van der Waals surface area contributed by atoms with Gasteiger partial charge in [-0.3, -0.25) is 0 Å². The van der Waals surface area contributed by atoms with Crippen LogP contribution in [0.4, 0.5) is 0 Å². The molecule has 0 N–H and O–H groups in total. The van der Waals surface area contributed by atoms with Crippen molar-refractivity contribution in [2.45, 2.75) is 0 Å². The minimum absolute atomic E-state index is 0.857. The standard InChI is InChI=1S/C22H16BrOP/c23-19-13-11-17-12-14-22(16-18(17)15-19)25(24,20-7-3-1-4-8-20)21-9-5-2-6-10-21/h1-16H. The molecule has 0 aromatic heterocycles. The quantitative estimate of drug-likeness (QED) is 0.425. The zero-order valence-corrected chi connectivity index (χ0v) is 16.0. The topological polar surface area (TPSA) is 17.1 Å². The average molecular weight is 407 g/mol. The van der Waals surface area contributed by atoms with Gasteiger partial charge in [0.1, 0.15) is 0 Å². The van der Waals surface area contributed by atoms with E-state index in [0.29, 0.717) is 0 Å². The van der Waals surface area contributed by atoms with Crippen molar-refractivity contribution in [3.05, 3.63) is 102 Å². The molecule has 4 aromatic carbocycles. The van der Waals surface area contributed by atoms with Crippen LogP contribution in [0.3, 0.4) is 0 Å². The summed E-state index contributed by atoms with van der Waals surface area (Å²) in [6.45, 7) is 0. The van der Waals surface area contributed by atoms with Gasteiger partial charge in [-0.2, -0.15) is 0 Å². The predicted octanol–water partition coefficient (Wildman–Crippen LogP) is 5.24. The summed E-state index contributed by atoms with van der Waals surface area (Å²) in [7, 11) is -2.91. The molecular weight excluding hydrogens is 391 g/mol. The van der Waals surface area contributed by atoms with Crippen LogP contribution in [-0.4, -0.2) is 0 Å². The van der Waals surface area contributed by atoms with Crippen LogP contribution < -0.4 is 15.9 Å². The number of halogens is 1. The van der Waals surface area contributed by atoms with E-state index in [9.17, 15) is 4.57 Å². The molecule has 0 atom stereocenters. The third-order valence-corrected chi connectivity index (χ3v) is 7.94. The zero-order valence-electron chi connectivity index (χ0n) is 13.5. The SMILES string of the molecule is O=P(c1ccccc1)(c1ccccc1)c1ccc2ccc(Br)cc2c1. The van der Waals surface area contributed by atoms with E-state index in [1.165, 1.54) is 0 Å². The molecule has 0 fully saturated rings. The second-order valence-corrected chi connectivity index (χ2v) is 9.64. The first kappa shape index (κ1) is 16.3. The highest BCUT2D eigenvalue weighted by molar-refractivity contribution is 9.10. The van der Waals surface area contributed by atoms with Crippen molar-refractivity contribution in [3.63, 3.8) is 0 Å². The predicted molar refractivity (Wildman–Crippen MR) is 111 cm³/mol. The number of hydrogen-bond acceptors (Lipinski definition) is 1. The van der Waals surface area contributed by atoms with E-state index < -0.39 is 7.14 Å². The van der Waals surface area contributed by atoms with Crippen molar-refractivity contribution >= 4 is 49.8 Å². The van der Waals surface area contributed by atoms with Crippen LogP contribution in [0.5, 0.6) is 0 Å². The van der Waals surface area contributed by atoms with E-state index >= 15 is 0 Å². The average Bonchev–Trinajstić information content (AvgIpc) is 2.68. The van der Waals surface area contributed by atoms with Crippen molar-refractivity contribution in [2.24, 2.45) is 0 Å². The lowest BCUT2D eigenvalue weighted by Crippen LogP contribution is -2.24. The van der Waals surface area contributed by atoms with Gasteiger partial charge in [-0.15, -0.1) is 0 Å². The Hall–Kier alpha value is -2.15. The molecule has 0 aliphatic heterocycles. The zero-order chi connectivity index (χ0) is 17.3. The molecule has 0 saturated heterocycles. The lowest BCUT2D eigenvalue weighted by atomic mass is 10.1. The highest BCUT2D eigenvalue weighted by Crippen LogP contribution is 2.42. The molecule has 0 amide bonds. The molecule has 0 unspecified atom stereocenters. The monoisotopic (exact) mass is 406 g/mol. The summed E-state index contributed by atoms with van der Waals surface area (Å²) in [5.41, 5.74) is 0. The molecule has 0 heterocycles. The Morgan fingerprint density at radius 1 is 0.560 bits per heavy atom. The van der Waals surface area contributed by atoms with Crippen LogP contribution >= 0.6 is 23.1 Å². The Labute approximate surface area is 155 Å². The molecule has 25 heavy (non-hydrogen) atoms. The van der Waals surface area contributed by atoms with Crippen LogP contribution in [0.15, 0.2) is 102 Å². The Kier molecular flexibility index (Phi) is 4.33. The number of fused-ring (bicyclic) bond motifs is 1.